The monoisotopic (exact) mass is 175 g/mol. The highest BCUT2D eigenvalue weighted by Crippen LogP contribution is 2.23. The number of nitrogens with two attached hydrogens (primary N) is 1. The molecule has 0 saturated carbocycles. The summed E-state index contributed by atoms with van der Waals surface area (Å²) in [5.41, 5.74) is 4.61. The van der Waals surface area contributed by atoms with Gasteiger partial charge in [0.15, 0.2) is 0 Å². The third-order valence-corrected chi connectivity index (χ3v) is 1.71. The van der Waals surface area contributed by atoms with Crippen LogP contribution in [-0.4, -0.2) is 16.6 Å². The highest BCUT2D eigenvalue weighted by atomic mass is 19.3. The summed E-state index contributed by atoms with van der Waals surface area (Å²) in [4.78, 5) is 0. The zero-order valence-electron chi connectivity index (χ0n) is 6.94. The zero-order chi connectivity index (χ0) is 9.35. The fourth-order valence-electron chi connectivity index (χ4n) is 0.806. The van der Waals surface area contributed by atoms with Gasteiger partial charge in [-0.05, 0) is 19.9 Å². The molecule has 1 unspecified atom stereocenters. The van der Waals surface area contributed by atoms with Crippen LogP contribution in [0.3, 0.4) is 0 Å². The van der Waals surface area contributed by atoms with Crippen molar-refractivity contribution in [2.75, 3.05) is 0 Å². The summed E-state index contributed by atoms with van der Waals surface area (Å²) in [7, 11) is 0. The SMILES string of the molecule is Cc1cc(C(C)(N)C(F)F)n[nH]1. The molecule has 3 nitrogen and oxygen atoms in total. The van der Waals surface area contributed by atoms with E-state index in [0.717, 1.165) is 5.69 Å². The van der Waals surface area contributed by atoms with Crippen LogP contribution in [0.5, 0.6) is 0 Å². The van der Waals surface area contributed by atoms with Gasteiger partial charge >= 0.3 is 0 Å². The van der Waals surface area contributed by atoms with Crippen molar-refractivity contribution in [2.45, 2.75) is 25.8 Å². The summed E-state index contributed by atoms with van der Waals surface area (Å²) in [5.74, 6) is 0. The van der Waals surface area contributed by atoms with Crippen molar-refractivity contribution in [2.24, 2.45) is 5.73 Å². The summed E-state index contributed by atoms with van der Waals surface area (Å²) in [6.07, 6.45) is -2.61. The second kappa shape index (κ2) is 2.82. The molecule has 1 atom stereocenters. The van der Waals surface area contributed by atoms with Crippen LogP contribution in [-0.2, 0) is 5.54 Å². The maximum Gasteiger partial charge on any atom is 0.261 e. The summed E-state index contributed by atoms with van der Waals surface area (Å²) < 4.78 is 24.7. The summed E-state index contributed by atoms with van der Waals surface area (Å²) in [6, 6.07) is 1.52. The number of hydrogen-bond acceptors (Lipinski definition) is 2. The molecule has 12 heavy (non-hydrogen) atoms. The number of aryl methyl sites for hydroxylation is 1. The van der Waals surface area contributed by atoms with Crippen LogP contribution in [0, 0.1) is 6.92 Å². The van der Waals surface area contributed by atoms with Crippen molar-refractivity contribution < 1.29 is 8.78 Å². The molecule has 0 amide bonds. The van der Waals surface area contributed by atoms with Gasteiger partial charge in [0.05, 0.1) is 5.69 Å². The van der Waals surface area contributed by atoms with Gasteiger partial charge < -0.3 is 5.73 Å². The molecule has 5 heteroatoms. The van der Waals surface area contributed by atoms with Crippen molar-refractivity contribution in [1.82, 2.24) is 10.2 Å². The Morgan fingerprint density at radius 2 is 2.25 bits per heavy atom. The van der Waals surface area contributed by atoms with Crippen molar-refractivity contribution in [3.05, 3.63) is 17.5 Å². The molecule has 1 rings (SSSR count). The number of halogens is 2. The average Bonchev–Trinajstić information content (AvgIpc) is 2.35. The smallest absolute Gasteiger partial charge is 0.261 e. The molecule has 0 spiro atoms. The molecule has 0 saturated heterocycles. The number of nitrogens with one attached hydrogen (secondary N) is 1. The average molecular weight is 175 g/mol. The fourth-order valence-corrected chi connectivity index (χ4v) is 0.806. The Morgan fingerprint density at radius 1 is 1.67 bits per heavy atom. The number of rotatable bonds is 2. The normalized spacial score (nSPS) is 16.5. The molecule has 0 aromatic carbocycles. The quantitative estimate of drug-likeness (QED) is 0.708. The minimum absolute atomic E-state index is 0.190. The summed E-state index contributed by atoms with van der Waals surface area (Å²) >= 11 is 0. The van der Waals surface area contributed by atoms with Gasteiger partial charge in [-0.2, -0.15) is 5.10 Å². The number of aromatic nitrogens is 2. The predicted molar refractivity (Wildman–Crippen MR) is 40.9 cm³/mol. The minimum atomic E-state index is -2.61. The Bertz CT molecular complexity index is 267. The maximum atomic E-state index is 12.3. The molecule has 0 aliphatic rings. The molecular formula is C7H11F2N3. The lowest BCUT2D eigenvalue weighted by molar-refractivity contribution is 0.0601. The minimum Gasteiger partial charge on any atom is -0.316 e. The van der Waals surface area contributed by atoms with Gasteiger partial charge in [0, 0.05) is 5.69 Å². The molecule has 68 valence electrons. The molecule has 0 radical (unpaired) electrons. The Hall–Kier alpha value is -0.970. The van der Waals surface area contributed by atoms with Crippen LogP contribution in [0.1, 0.15) is 18.3 Å². The van der Waals surface area contributed by atoms with E-state index in [1.807, 2.05) is 0 Å². The predicted octanol–water partition coefficient (Wildman–Crippen LogP) is 1.16. The first-order valence-corrected chi connectivity index (χ1v) is 3.54. The lowest BCUT2D eigenvalue weighted by Gasteiger charge is -2.20. The number of hydrogen-bond donors (Lipinski definition) is 2. The van der Waals surface area contributed by atoms with Gasteiger partial charge in [-0.15, -0.1) is 0 Å². The molecule has 1 aromatic heterocycles. The first-order chi connectivity index (χ1) is 5.44. The second-order valence-corrected chi connectivity index (χ2v) is 3.02. The van der Waals surface area contributed by atoms with E-state index >= 15 is 0 Å². The highest BCUT2D eigenvalue weighted by Gasteiger charge is 2.34. The molecule has 3 N–H and O–H groups in total. The Balaban J connectivity index is 2.97. The molecular weight excluding hydrogens is 164 g/mol. The Kier molecular flexibility index (Phi) is 2.14. The van der Waals surface area contributed by atoms with Crippen molar-refractivity contribution >= 4 is 0 Å². The zero-order valence-corrected chi connectivity index (χ0v) is 6.94. The summed E-state index contributed by atoms with van der Waals surface area (Å²) in [6.45, 7) is 2.99. The first-order valence-electron chi connectivity index (χ1n) is 3.54. The van der Waals surface area contributed by atoms with Crippen LogP contribution in [0.15, 0.2) is 6.07 Å². The Labute approximate surface area is 69.0 Å². The van der Waals surface area contributed by atoms with Crippen LogP contribution in [0.4, 0.5) is 8.78 Å². The molecule has 0 aliphatic heterocycles. The van der Waals surface area contributed by atoms with Gasteiger partial charge in [0.1, 0.15) is 5.54 Å². The van der Waals surface area contributed by atoms with Gasteiger partial charge in [-0.25, -0.2) is 8.78 Å². The molecule has 0 bridgehead atoms. The van der Waals surface area contributed by atoms with E-state index in [1.54, 1.807) is 6.92 Å². The van der Waals surface area contributed by atoms with Gasteiger partial charge in [-0.1, -0.05) is 0 Å². The van der Waals surface area contributed by atoms with Gasteiger partial charge in [0.2, 0.25) is 0 Å². The molecule has 1 aromatic rings. The number of alkyl halides is 2. The van der Waals surface area contributed by atoms with Crippen molar-refractivity contribution in [3.8, 4) is 0 Å². The van der Waals surface area contributed by atoms with E-state index < -0.39 is 12.0 Å². The second-order valence-electron chi connectivity index (χ2n) is 3.02. The lowest BCUT2D eigenvalue weighted by atomic mass is 10.0. The standard InChI is InChI=1S/C7H11F2N3/c1-4-3-5(12-11-4)7(2,10)6(8)9/h3,6H,10H2,1-2H3,(H,11,12). The Morgan fingerprint density at radius 3 is 2.58 bits per heavy atom. The third-order valence-electron chi connectivity index (χ3n) is 1.71. The molecule has 0 fully saturated rings. The summed E-state index contributed by atoms with van der Waals surface area (Å²) in [5, 5.41) is 6.24. The highest BCUT2D eigenvalue weighted by molar-refractivity contribution is 5.16. The number of H-pyrrole nitrogens is 1. The molecule has 0 aliphatic carbocycles. The van der Waals surface area contributed by atoms with E-state index in [2.05, 4.69) is 10.2 Å². The van der Waals surface area contributed by atoms with E-state index in [4.69, 9.17) is 5.73 Å². The van der Waals surface area contributed by atoms with E-state index in [1.165, 1.54) is 13.0 Å². The van der Waals surface area contributed by atoms with Crippen LogP contribution < -0.4 is 5.73 Å². The van der Waals surface area contributed by atoms with E-state index in [-0.39, 0.29) is 5.69 Å². The fraction of sp³-hybridized carbons (Fsp3) is 0.571. The first kappa shape index (κ1) is 9.12. The topological polar surface area (TPSA) is 54.7 Å². The van der Waals surface area contributed by atoms with Crippen LogP contribution in [0.2, 0.25) is 0 Å². The number of aromatic amines is 1. The third kappa shape index (κ3) is 1.45. The number of nitrogens with zero attached hydrogens (tertiary/aromatic N) is 1. The maximum absolute atomic E-state index is 12.3. The van der Waals surface area contributed by atoms with Gasteiger partial charge in [-0.3, -0.25) is 5.10 Å². The van der Waals surface area contributed by atoms with Crippen molar-refractivity contribution in [3.63, 3.8) is 0 Å². The largest absolute Gasteiger partial charge is 0.316 e. The van der Waals surface area contributed by atoms with E-state index in [0.29, 0.717) is 0 Å². The van der Waals surface area contributed by atoms with Crippen molar-refractivity contribution in [1.29, 1.82) is 0 Å². The molecule has 1 heterocycles. The van der Waals surface area contributed by atoms with Crippen LogP contribution in [0.25, 0.3) is 0 Å². The van der Waals surface area contributed by atoms with Crippen LogP contribution >= 0.6 is 0 Å². The van der Waals surface area contributed by atoms with Gasteiger partial charge in [0.25, 0.3) is 6.43 Å². The lowest BCUT2D eigenvalue weighted by Crippen LogP contribution is -2.41. The van der Waals surface area contributed by atoms with E-state index in [9.17, 15) is 8.78 Å².